The van der Waals surface area contributed by atoms with Crippen molar-refractivity contribution in [2.45, 2.75) is 31.1 Å². The average Bonchev–Trinajstić information content (AvgIpc) is 3.26. The van der Waals surface area contributed by atoms with Gasteiger partial charge < -0.3 is 10.1 Å². The van der Waals surface area contributed by atoms with Gasteiger partial charge in [-0.15, -0.1) is 5.10 Å². The highest BCUT2D eigenvalue weighted by atomic mass is 32.2. The van der Waals surface area contributed by atoms with Crippen molar-refractivity contribution < 1.29 is 9.13 Å². The number of ether oxygens (including phenoxy) is 1. The first-order chi connectivity index (χ1) is 16.5. The number of benzene rings is 3. The largest absolute Gasteiger partial charge is 0.480 e. The summed E-state index contributed by atoms with van der Waals surface area (Å²) in [5, 5.41) is 9.03. The standard InChI is InChI=1S/C27H23FN4OS/c1-15-7-10-17(11-8-15)24-22-23(29-26-30-27(34-3)31-32(24)26)20-13-16(2)9-12-21(20)33-25(22)18-5-4-6-19(28)14-18/h4-14,24-25H,1-3H3,(H,29,30,31). The molecule has 170 valence electrons. The van der Waals surface area contributed by atoms with Crippen LogP contribution in [0.3, 0.4) is 0 Å². The zero-order chi connectivity index (χ0) is 23.4. The lowest BCUT2D eigenvalue weighted by atomic mass is 9.84. The first-order valence-electron chi connectivity index (χ1n) is 11.1. The SMILES string of the molecule is CSc1nc2n(n1)C(c1ccc(C)cc1)C1=C(N2)c2cc(C)ccc2OC1c1cccc(F)c1. The molecule has 2 aliphatic rings. The molecule has 0 amide bonds. The molecule has 3 heterocycles. The predicted molar refractivity (Wildman–Crippen MR) is 133 cm³/mol. The average molecular weight is 471 g/mol. The smallest absolute Gasteiger partial charge is 0.227 e. The van der Waals surface area contributed by atoms with Gasteiger partial charge >= 0.3 is 0 Å². The summed E-state index contributed by atoms with van der Waals surface area (Å²) in [4.78, 5) is 4.73. The summed E-state index contributed by atoms with van der Waals surface area (Å²) >= 11 is 1.50. The Kier molecular flexibility index (Phi) is 4.95. The molecule has 0 aliphatic carbocycles. The highest BCUT2D eigenvalue weighted by molar-refractivity contribution is 7.98. The molecule has 0 spiro atoms. The fourth-order valence-electron chi connectivity index (χ4n) is 4.72. The Labute approximate surface area is 201 Å². The van der Waals surface area contributed by atoms with Gasteiger partial charge in [0.2, 0.25) is 11.1 Å². The van der Waals surface area contributed by atoms with Crippen molar-refractivity contribution in [3.8, 4) is 5.75 Å². The maximum atomic E-state index is 14.3. The third kappa shape index (κ3) is 3.39. The lowest BCUT2D eigenvalue weighted by molar-refractivity contribution is 0.222. The van der Waals surface area contributed by atoms with E-state index in [1.54, 1.807) is 12.1 Å². The van der Waals surface area contributed by atoms with Crippen LogP contribution in [-0.4, -0.2) is 21.0 Å². The van der Waals surface area contributed by atoms with Gasteiger partial charge in [-0.3, -0.25) is 0 Å². The molecular formula is C27H23FN4OS. The van der Waals surface area contributed by atoms with Crippen molar-refractivity contribution in [2.24, 2.45) is 0 Å². The van der Waals surface area contributed by atoms with Gasteiger partial charge in [0.15, 0.2) is 0 Å². The van der Waals surface area contributed by atoms with Crippen LogP contribution in [0.15, 0.2) is 77.5 Å². The molecule has 1 aromatic heterocycles. The molecule has 0 saturated heterocycles. The fraction of sp³-hybridized carbons (Fsp3) is 0.185. The molecule has 0 saturated carbocycles. The van der Waals surface area contributed by atoms with Crippen LogP contribution in [0, 0.1) is 19.7 Å². The van der Waals surface area contributed by atoms with Gasteiger partial charge in [-0.05, 0) is 55.5 Å². The minimum absolute atomic E-state index is 0.262. The van der Waals surface area contributed by atoms with E-state index >= 15 is 0 Å². The van der Waals surface area contributed by atoms with Crippen LogP contribution < -0.4 is 10.1 Å². The normalized spacial score (nSPS) is 18.5. The first-order valence-corrected chi connectivity index (χ1v) is 12.4. The van der Waals surface area contributed by atoms with Crippen molar-refractivity contribution in [2.75, 3.05) is 11.6 Å². The molecule has 0 bridgehead atoms. The summed E-state index contributed by atoms with van der Waals surface area (Å²) in [6.07, 6.45) is 1.47. The topological polar surface area (TPSA) is 52.0 Å². The van der Waals surface area contributed by atoms with Crippen molar-refractivity contribution in [1.29, 1.82) is 0 Å². The second-order valence-corrected chi connectivity index (χ2v) is 9.46. The maximum Gasteiger partial charge on any atom is 0.227 e. The van der Waals surface area contributed by atoms with Crippen molar-refractivity contribution >= 4 is 23.4 Å². The molecule has 1 N–H and O–H groups in total. The number of halogens is 1. The predicted octanol–water partition coefficient (Wildman–Crippen LogP) is 6.32. The Balaban J connectivity index is 1.65. The molecule has 5 nitrogen and oxygen atoms in total. The summed E-state index contributed by atoms with van der Waals surface area (Å²) < 4.78 is 22.8. The highest BCUT2D eigenvalue weighted by Gasteiger charge is 2.41. The molecule has 4 aromatic rings. The van der Waals surface area contributed by atoms with E-state index in [1.165, 1.54) is 23.4 Å². The van der Waals surface area contributed by atoms with Crippen LogP contribution in [0.4, 0.5) is 10.3 Å². The monoisotopic (exact) mass is 470 g/mol. The molecule has 0 fully saturated rings. The van der Waals surface area contributed by atoms with Gasteiger partial charge in [0.1, 0.15) is 23.7 Å². The summed E-state index contributed by atoms with van der Waals surface area (Å²) in [7, 11) is 0. The minimum atomic E-state index is -0.491. The van der Waals surface area contributed by atoms with Crippen molar-refractivity contribution in [3.63, 3.8) is 0 Å². The van der Waals surface area contributed by atoms with Crippen LogP contribution in [-0.2, 0) is 0 Å². The maximum absolute atomic E-state index is 14.3. The zero-order valence-electron chi connectivity index (χ0n) is 19.0. The molecule has 2 atom stereocenters. The van der Waals surface area contributed by atoms with Gasteiger partial charge in [-0.1, -0.05) is 65.4 Å². The number of hydrogen-bond acceptors (Lipinski definition) is 5. The van der Waals surface area contributed by atoms with E-state index in [0.717, 1.165) is 39.3 Å². The number of hydrogen-bond donors (Lipinski definition) is 1. The van der Waals surface area contributed by atoms with Crippen LogP contribution in [0.2, 0.25) is 0 Å². The number of aromatic nitrogens is 3. The van der Waals surface area contributed by atoms with Gasteiger partial charge in [0.25, 0.3) is 0 Å². The summed E-state index contributed by atoms with van der Waals surface area (Å²) in [5.41, 5.74) is 7.03. The van der Waals surface area contributed by atoms with Crippen LogP contribution >= 0.6 is 11.8 Å². The first kappa shape index (κ1) is 21.0. The Morgan fingerprint density at radius 2 is 1.76 bits per heavy atom. The van der Waals surface area contributed by atoms with E-state index in [2.05, 4.69) is 49.5 Å². The summed E-state index contributed by atoms with van der Waals surface area (Å²) in [6.45, 7) is 4.13. The Morgan fingerprint density at radius 1 is 0.971 bits per heavy atom. The van der Waals surface area contributed by atoms with Crippen LogP contribution in [0.1, 0.15) is 40.0 Å². The van der Waals surface area contributed by atoms with E-state index in [4.69, 9.17) is 14.8 Å². The highest BCUT2D eigenvalue weighted by Crippen LogP contribution is 2.51. The minimum Gasteiger partial charge on any atom is -0.480 e. The van der Waals surface area contributed by atoms with Crippen molar-refractivity contribution in [3.05, 3.63) is 106 Å². The van der Waals surface area contributed by atoms with E-state index in [-0.39, 0.29) is 11.9 Å². The zero-order valence-corrected chi connectivity index (χ0v) is 19.9. The third-order valence-corrected chi connectivity index (χ3v) is 6.87. The Hall–Kier alpha value is -3.58. The number of aryl methyl sites for hydroxylation is 2. The Morgan fingerprint density at radius 3 is 2.53 bits per heavy atom. The van der Waals surface area contributed by atoms with Crippen LogP contribution in [0.5, 0.6) is 5.75 Å². The number of thioether (sulfide) groups is 1. The molecule has 0 radical (unpaired) electrons. The second-order valence-electron chi connectivity index (χ2n) is 8.69. The molecule has 3 aromatic carbocycles. The number of anilines is 1. The Bertz CT molecular complexity index is 1440. The molecule has 2 aliphatic heterocycles. The molecule has 7 heteroatoms. The number of nitrogens with one attached hydrogen (secondary N) is 1. The summed E-state index contributed by atoms with van der Waals surface area (Å²) in [6, 6.07) is 20.9. The molecule has 2 unspecified atom stereocenters. The van der Waals surface area contributed by atoms with Gasteiger partial charge in [-0.25, -0.2) is 9.07 Å². The van der Waals surface area contributed by atoms with E-state index in [9.17, 15) is 4.39 Å². The lowest BCUT2D eigenvalue weighted by Gasteiger charge is -2.39. The number of nitrogens with zero attached hydrogens (tertiary/aromatic N) is 3. The fourth-order valence-corrected chi connectivity index (χ4v) is 5.07. The lowest BCUT2D eigenvalue weighted by Crippen LogP contribution is -2.32. The number of fused-ring (bicyclic) bond motifs is 3. The van der Waals surface area contributed by atoms with E-state index in [0.29, 0.717) is 11.1 Å². The van der Waals surface area contributed by atoms with Gasteiger partial charge in [0.05, 0.1) is 5.70 Å². The molecule has 34 heavy (non-hydrogen) atoms. The second kappa shape index (κ2) is 8.02. The van der Waals surface area contributed by atoms with Gasteiger partial charge in [0, 0.05) is 11.1 Å². The number of rotatable bonds is 3. The van der Waals surface area contributed by atoms with E-state index in [1.807, 2.05) is 29.1 Å². The summed E-state index contributed by atoms with van der Waals surface area (Å²) in [5.74, 6) is 1.15. The molecular weight excluding hydrogens is 447 g/mol. The van der Waals surface area contributed by atoms with Crippen LogP contribution in [0.25, 0.3) is 5.70 Å². The van der Waals surface area contributed by atoms with Gasteiger partial charge in [-0.2, -0.15) is 4.98 Å². The van der Waals surface area contributed by atoms with Crippen molar-refractivity contribution in [1.82, 2.24) is 14.8 Å². The third-order valence-electron chi connectivity index (χ3n) is 6.34. The van der Waals surface area contributed by atoms with E-state index < -0.39 is 6.10 Å². The molecule has 6 rings (SSSR count). The quantitative estimate of drug-likeness (QED) is 0.355.